The maximum atomic E-state index is 14.7. The highest BCUT2D eigenvalue weighted by molar-refractivity contribution is 5.87. The molecule has 2 fully saturated rings. The van der Waals surface area contributed by atoms with Crippen LogP contribution in [0.15, 0.2) is 30.3 Å². The van der Waals surface area contributed by atoms with Gasteiger partial charge in [0.05, 0.1) is 19.1 Å². The Morgan fingerprint density at radius 1 is 1.23 bits per heavy atom. The molecular weight excluding hydrogens is 337 g/mol. The molecule has 2 aliphatic rings. The standard InChI is InChI=1S/C20H26FNO4/c1-4-25-18(23)16-15-14(21)11-20(17(15)16,19(24)26-5-2)22-12(3)13-9-7-6-8-10-13/h6-10,12,14-17,22H,4-5,11H2,1-3H3/t12-,14-,15?,16+,17?,20+/m1/s1. The first-order chi connectivity index (χ1) is 12.5. The molecule has 2 saturated carbocycles. The maximum absolute atomic E-state index is 14.7. The van der Waals surface area contributed by atoms with E-state index in [2.05, 4.69) is 5.32 Å². The zero-order valence-corrected chi connectivity index (χ0v) is 15.4. The second kappa shape index (κ2) is 7.35. The fourth-order valence-electron chi connectivity index (χ4n) is 4.45. The Balaban J connectivity index is 1.88. The number of nitrogens with one attached hydrogen (secondary N) is 1. The van der Waals surface area contributed by atoms with Gasteiger partial charge in [-0.3, -0.25) is 14.9 Å². The van der Waals surface area contributed by atoms with Gasteiger partial charge in [-0.25, -0.2) is 4.39 Å². The minimum atomic E-state index is -1.23. The average molecular weight is 363 g/mol. The average Bonchev–Trinajstić information content (AvgIpc) is 3.32. The summed E-state index contributed by atoms with van der Waals surface area (Å²) in [7, 11) is 0. The van der Waals surface area contributed by atoms with Crippen molar-refractivity contribution in [2.75, 3.05) is 13.2 Å². The van der Waals surface area contributed by atoms with Crippen LogP contribution < -0.4 is 5.32 Å². The predicted molar refractivity (Wildman–Crippen MR) is 94.0 cm³/mol. The molecule has 2 aliphatic carbocycles. The van der Waals surface area contributed by atoms with Crippen molar-refractivity contribution in [3.63, 3.8) is 0 Å². The van der Waals surface area contributed by atoms with E-state index < -0.39 is 41.4 Å². The molecule has 0 aromatic heterocycles. The first-order valence-electron chi connectivity index (χ1n) is 9.26. The second-order valence-corrected chi connectivity index (χ2v) is 7.07. The summed E-state index contributed by atoms with van der Waals surface area (Å²) in [5.41, 5.74) is -0.212. The summed E-state index contributed by atoms with van der Waals surface area (Å²) in [6, 6.07) is 9.46. The van der Waals surface area contributed by atoms with Gasteiger partial charge in [0.15, 0.2) is 0 Å². The number of carbonyl (C=O) groups is 2. The predicted octanol–water partition coefficient (Wildman–Crippen LogP) is 2.81. The number of esters is 2. The van der Waals surface area contributed by atoms with Gasteiger partial charge in [0.25, 0.3) is 0 Å². The molecule has 0 saturated heterocycles. The van der Waals surface area contributed by atoms with E-state index in [4.69, 9.17) is 9.47 Å². The van der Waals surface area contributed by atoms with E-state index >= 15 is 0 Å². The Kier molecular flexibility index (Phi) is 5.32. The Hall–Kier alpha value is -1.95. The molecule has 0 spiro atoms. The van der Waals surface area contributed by atoms with E-state index in [1.807, 2.05) is 37.3 Å². The summed E-state index contributed by atoms with van der Waals surface area (Å²) in [6.45, 7) is 5.82. The fourth-order valence-corrected chi connectivity index (χ4v) is 4.45. The van der Waals surface area contributed by atoms with Crippen LogP contribution in [-0.4, -0.2) is 36.9 Å². The van der Waals surface area contributed by atoms with Crippen molar-refractivity contribution in [2.45, 2.75) is 44.9 Å². The molecule has 1 N–H and O–H groups in total. The highest BCUT2D eigenvalue weighted by Crippen LogP contribution is 2.64. The van der Waals surface area contributed by atoms with Gasteiger partial charge >= 0.3 is 11.9 Å². The van der Waals surface area contributed by atoms with Gasteiger partial charge in [-0.15, -0.1) is 0 Å². The lowest BCUT2D eigenvalue weighted by Crippen LogP contribution is -2.55. The summed E-state index contributed by atoms with van der Waals surface area (Å²) < 4.78 is 25.1. The number of halogens is 1. The smallest absolute Gasteiger partial charge is 0.326 e. The molecule has 0 radical (unpaired) electrons. The minimum absolute atomic E-state index is 0.0221. The van der Waals surface area contributed by atoms with Crippen LogP contribution >= 0.6 is 0 Å². The molecule has 0 bridgehead atoms. The lowest BCUT2D eigenvalue weighted by Gasteiger charge is -2.34. The van der Waals surface area contributed by atoms with Crippen molar-refractivity contribution in [2.24, 2.45) is 17.8 Å². The molecule has 6 atom stereocenters. The van der Waals surface area contributed by atoms with Gasteiger partial charge in [0.1, 0.15) is 11.7 Å². The van der Waals surface area contributed by atoms with Gasteiger partial charge in [0.2, 0.25) is 0 Å². The first kappa shape index (κ1) is 18.8. The van der Waals surface area contributed by atoms with Crippen molar-refractivity contribution >= 4 is 11.9 Å². The Bertz CT molecular complexity index is 667. The molecule has 1 aromatic carbocycles. The van der Waals surface area contributed by atoms with Crippen LogP contribution in [0.4, 0.5) is 4.39 Å². The highest BCUT2D eigenvalue weighted by atomic mass is 19.1. The molecule has 6 heteroatoms. The number of alkyl halides is 1. The molecule has 0 aliphatic heterocycles. The van der Waals surface area contributed by atoms with Crippen molar-refractivity contribution in [1.29, 1.82) is 0 Å². The molecule has 1 aromatic rings. The van der Waals surface area contributed by atoms with Gasteiger partial charge in [-0.2, -0.15) is 0 Å². The number of benzene rings is 1. The maximum Gasteiger partial charge on any atom is 0.326 e. The molecule has 3 rings (SSSR count). The molecule has 142 valence electrons. The largest absolute Gasteiger partial charge is 0.466 e. The zero-order valence-electron chi connectivity index (χ0n) is 15.4. The van der Waals surface area contributed by atoms with Gasteiger partial charge < -0.3 is 9.47 Å². The van der Waals surface area contributed by atoms with E-state index in [0.717, 1.165) is 5.56 Å². The van der Waals surface area contributed by atoms with Crippen molar-refractivity contribution in [3.05, 3.63) is 35.9 Å². The van der Waals surface area contributed by atoms with Crippen LogP contribution in [0.3, 0.4) is 0 Å². The van der Waals surface area contributed by atoms with E-state index in [9.17, 15) is 14.0 Å². The summed E-state index contributed by atoms with van der Waals surface area (Å²) in [5.74, 6) is -2.40. The van der Waals surface area contributed by atoms with E-state index in [-0.39, 0.29) is 25.7 Å². The lowest BCUT2D eigenvalue weighted by molar-refractivity contribution is -0.154. The van der Waals surface area contributed by atoms with Crippen molar-refractivity contribution in [3.8, 4) is 0 Å². The lowest BCUT2D eigenvalue weighted by atomic mass is 9.88. The fraction of sp³-hybridized carbons (Fsp3) is 0.600. The quantitative estimate of drug-likeness (QED) is 0.755. The third-order valence-electron chi connectivity index (χ3n) is 5.55. The van der Waals surface area contributed by atoms with Crippen LogP contribution in [0, 0.1) is 17.8 Å². The number of ether oxygens (including phenoxy) is 2. The second-order valence-electron chi connectivity index (χ2n) is 7.07. The zero-order chi connectivity index (χ0) is 18.9. The monoisotopic (exact) mass is 363 g/mol. The molecule has 2 unspecified atom stereocenters. The molecule has 26 heavy (non-hydrogen) atoms. The van der Waals surface area contributed by atoms with E-state index in [1.165, 1.54) is 0 Å². The summed E-state index contributed by atoms with van der Waals surface area (Å²) in [6.07, 6.45) is -1.21. The Labute approximate surface area is 153 Å². The van der Waals surface area contributed by atoms with E-state index in [1.54, 1.807) is 13.8 Å². The van der Waals surface area contributed by atoms with Gasteiger partial charge in [-0.1, -0.05) is 30.3 Å². The minimum Gasteiger partial charge on any atom is -0.466 e. The Morgan fingerprint density at radius 3 is 2.50 bits per heavy atom. The molecule has 0 heterocycles. The van der Waals surface area contributed by atoms with E-state index in [0.29, 0.717) is 0 Å². The van der Waals surface area contributed by atoms with Gasteiger partial charge in [-0.05, 0) is 26.3 Å². The van der Waals surface area contributed by atoms with Crippen molar-refractivity contribution < 1.29 is 23.5 Å². The molecular formula is C20H26FNO4. The van der Waals surface area contributed by atoms with Crippen LogP contribution in [0.5, 0.6) is 0 Å². The number of fused-ring (bicyclic) bond motifs is 1. The first-order valence-corrected chi connectivity index (χ1v) is 9.26. The summed E-state index contributed by atoms with van der Waals surface area (Å²) in [5, 5.41) is 3.32. The van der Waals surface area contributed by atoms with Gasteiger partial charge in [0, 0.05) is 24.3 Å². The van der Waals surface area contributed by atoms with Crippen LogP contribution in [0.1, 0.15) is 38.8 Å². The summed E-state index contributed by atoms with van der Waals surface area (Å²) in [4.78, 5) is 25.1. The van der Waals surface area contributed by atoms with Crippen LogP contribution in [0.25, 0.3) is 0 Å². The number of hydrogen-bond acceptors (Lipinski definition) is 5. The van der Waals surface area contributed by atoms with Crippen LogP contribution in [0.2, 0.25) is 0 Å². The Morgan fingerprint density at radius 2 is 1.88 bits per heavy atom. The van der Waals surface area contributed by atoms with Crippen molar-refractivity contribution in [1.82, 2.24) is 5.32 Å². The third-order valence-corrected chi connectivity index (χ3v) is 5.55. The number of hydrogen-bond donors (Lipinski definition) is 1. The highest BCUT2D eigenvalue weighted by Gasteiger charge is 2.76. The normalized spacial score (nSPS) is 33.2. The topological polar surface area (TPSA) is 64.6 Å². The molecule has 0 amide bonds. The summed E-state index contributed by atoms with van der Waals surface area (Å²) >= 11 is 0. The molecule has 5 nitrogen and oxygen atoms in total. The SMILES string of the molecule is CCOC(=O)[C@H]1C2C1[C@](N[C@H](C)c1ccccc1)(C(=O)OCC)C[C@H]2F. The third kappa shape index (κ3) is 3.11. The number of carbonyl (C=O) groups excluding carboxylic acids is 2. The number of rotatable bonds is 7. The van der Waals surface area contributed by atoms with Crippen LogP contribution in [-0.2, 0) is 19.1 Å².